The second kappa shape index (κ2) is 12.7. The fraction of sp³-hybridized carbons (Fsp3) is 0.261. The summed E-state index contributed by atoms with van der Waals surface area (Å²) in [5.74, 6) is -0.557. The van der Waals surface area contributed by atoms with Crippen molar-refractivity contribution in [2.75, 3.05) is 6.61 Å². The highest BCUT2D eigenvalue weighted by Gasteiger charge is 2.23. The second-order valence-electron chi connectivity index (χ2n) is 6.44. The van der Waals surface area contributed by atoms with E-state index in [1.54, 1.807) is 13.8 Å². The normalized spacial score (nSPS) is 11.4. The maximum absolute atomic E-state index is 12.6. The number of hydrazine groups is 1. The van der Waals surface area contributed by atoms with E-state index in [2.05, 4.69) is 5.43 Å². The van der Waals surface area contributed by atoms with Crippen molar-refractivity contribution >= 4 is 18.2 Å². The molecule has 2 amide bonds. The summed E-state index contributed by atoms with van der Waals surface area (Å²) < 4.78 is 15.3. The second-order valence-corrected chi connectivity index (χ2v) is 6.44. The third kappa shape index (κ3) is 8.61. The lowest BCUT2D eigenvalue weighted by Crippen LogP contribution is -2.50. The average molecular weight is 426 g/mol. The third-order valence-corrected chi connectivity index (χ3v) is 4.03. The van der Waals surface area contributed by atoms with Crippen LogP contribution in [0, 0.1) is 0 Å². The van der Waals surface area contributed by atoms with Crippen molar-refractivity contribution in [3.05, 3.63) is 83.9 Å². The summed E-state index contributed by atoms with van der Waals surface area (Å²) in [6.45, 7) is 3.58. The minimum Gasteiger partial charge on any atom is -0.463 e. The number of esters is 1. The first kappa shape index (κ1) is 23.5. The monoisotopic (exact) mass is 426 g/mol. The minimum atomic E-state index is -0.836. The summed E-state index contributed by atoms with van der Waals surface area (Å²) in [5, 5.41) is 0.950. The number of nitrogens with one attached hydrogen (secondary N) is 1. The van der Waals surface area contributed by atoms with E-state index in [9.17, 15) is 14.4 Å². The van der Waals surface area contributed by atoms with Crippen LogP contribution < -0.4 is 5.43 Å². The number of nitrogens with zero attached hydrogens (tertiary/aromatic N) is 1. The van der Waals surface area contributed by atoms with Crippen LogP contribution in [0.1, 0.15) is 25.0 Å². The molecule has 8 heteroatoms. The number of hydrogen-bond acceptors (Lipinski definition) is 6. The van der Waals surface area contributed by atoms with Crippen molar-refractivity contribution < 1.29 is 28.6 Å². The highest BCUT2D eigenvalue weighted by Crippen LogP contribution is 2.07. The van der Waals surface area contributed by atoms with Crippen LogP contribution in [0.2, 0.25) is 0 Å². The Kier molecular flexibility index (Phi) is 9.61. The predicted molar refractivity (Wildman–Crippen MR) is 113 cm³/mol. The fourth-order valence-electron chi connectivity index (χ4n) is 2.45. The van der Waals surface area contributed by atoms with Crippen LogP contribution in [-0.2, 0) is 32.2 Å². The SMILES string of the molecule is CCOC(=O)/C=C/C(C)N(NC(=O)OCc1ccccc1)C(=O)OCc1ccccc1. The fourth-order valence-corrected chi connectivity index (χ4v) is 2.45. The number of carbonyl (C=O) groups is 3. The summed E-state index contributed by atoms with van der Waals surface area (Å²) in [7, 11) is 0. The molecule has 2 aromatic carbocycles. The first-order chi connectivity index (χ1) is 15.0. The van der Waals surface area contributed by atoms with E-state index in [1.165, 1.54) is 12.2 Å². The first-order valence-corrected chi connectivity index (χ1v) is 9.81. The quantitative estimate of drug-likeness (QED) is 0.297. The van der Waals surface area contributed by atoms with Crippen LogP contribution in [0.25, 0.3) is 0 Å². The van der Waals surface area contributed by atoms with Crippen LogP contribution >= 0.6 is 0 Å². The van der Waals surface area contributed by atoms with Crippen molar-refractivity contribution in [3.63, 3.8) is 0 Å². The Morgan fingerprint density at radius 2 is 1.45 bits per heavy atom. The van der Waals surface area contributed by atoms with Crippen molar-refractivity contribution in [1.82, 2.24) is 10.4 Å². The molecule has 0 aliphatic heterocycles. The molecule has 31 heavy (non-hydrogen) atoms. The van der Waals surface area contributed by atoms with E-state index in [0.29, 0.717) is 0 Å². The highest BCUT2D eigenvalue weighted by molar-refractivity contribution is 5.82. The van der Waals surface area contributed by atoms with E-state index in [0.717, 1.165) is 16.1 Å². The van der Waals surface area contributed by atoms with Crippen LogP contribution in [0.4, 0.5) is 9.59 Å². The molecule has 0 aliphatic rings. The van der Waals surface area contributed by atoms with Crippen LogP contribution in [0.3, 0.4) is 0 Å². The Bertz CT molecular complexity index is 870. The Labute approximate surface area is 181 Å². The van der Waals surface area contributed by atoms with Gasteiger partial charge in [-0.3, -0.25) is 0 Å². The van der Waals surface area contributed by atoms with Gasteiger partial charge in [0.25, 0.3) is 0 Å². The number of carbonyl (C=O) groups excluding carboxylic acids is 3. The van der Waals surface area contributed by atoms with Crippen molar-refractivity contribution in [3.8, 4) is 0 Å². The molecule has 1 unspecified atom stereocenters. The smallest absolute Gasteiger partial charge is 0.429 e. The molecule has 1 N–H and O–H groups in total. The molecule has 1 atom stereocenters. The predicted octanol–water partition coefficient (Wildman–Crippen LogP) is 3.97. The molecule has 0 bridgehead atoms. The topological polar surface area (TPSA) is 94.2 Å². The van der Waals surface area contributed by atoms with Gasteiger partial charge in [-0.1, -0.05) is 66.7 Å². The summed E-state index contributed by atoms with van der Waals surface area (Å²) in [6.07, 6.45) is 0.959. The Morgan fingerprint density at radius 1 is 0.903 bits per heavy atom. The lowest BCUT2D eigenvalue weighted by atomic mass is 10.2. The van der Waals surface area contributed by atoms with Gasteiger partial charge in [-0.2, -0.15) is 0 Å². The lowest BCUT2D eigenvalue weighted by Gasteiger charge is -2.26. The minimum absolute atomic E-state index is 0.0191. The van der Waals surface area contributed by atoms with Gasteiger partial charge in [0.2, 0.25) is 0 Å². The van der Waals surface area contributed by atoms with E-state index in [4.69, 9.17) is 14.2 Å². The lowest BCUT2D eigenvalue weighted by molar-refractivity contribution is -0.137. The molecule has 2 rings (SSSR count). The Hall–Kier alpha value is -3.81. The van der Waals surface area contributed by atoms with E-state index in [1.807, 2.05) is 60.7 Å². The average Bonchev–Trinajstić information content (AvgIpc) is 2.79. The van der Waals surface area contributed by atoms with Crippen molar-refractivity contribution in [1.29, 1.82) is 0 Å². The molecule has 0 saturated carbocycles. The van der Waals surface area contributed by atoms with Gasteiger partial charge in [-0.05, 0) is 25.0 Å². The van der Waals surface area contributed by atoms with E-state index >= 15 is 0 Å². The van der Waals surface area contributed by atoms with Gasteiger partial charge >= 0.3 is 18.2 Å². The van der Waals surface area contributed by atoms with Gasteiger partial charge in [0.15, 0.2) is 0 Å². The molecule has 8 nitrogen and oxygen atoms in total. The molecule has 2 aromatic rings. The standard InChI is InChI=1S/C23H26N2O6/c1-3-29-21(26)15-14-18(2)25(23(28)31-17-20-12-8-5-9-13-20)24-22(27)30-16-19-10-6-4-7-11-19/h4-15,18H,3,16-17H2,1-2H3,(H,24,27)/b15-14+. The van der Waals surface area contributed by atoms with Crippen LogP contribution in [-0.4, -0.2) is 35.8 Å². The van der Waals surface area contributed by atoms with Crippen molar-refractivity contribution in [2.24, 2.45) is 0 Å². The maximum atomic E-state index is 12.6. The van der Waals surface area contributed by atoms with Crippen LogP contribution in [0.15, 0.2) is 72.8 Å². The zero-order chi connectivity index (χ0) is 22.5. The molecule has 164 valence electrons. The van der Waals surface area contributed by atoms with Gasteiger partial charge in [0.05, 0.1) is 12.6 Å². The Balaban J connectivity index is 2.01. The largest absolute Gasteiger partial charge is 0.463 e. The highest BCUT2D eigenvalue weighted by atomic mass is 16.6. The molecular formula is C23H26N2O6. The number of amides is 2. The van der Waals surface area contributed by atoms with Gasteiger partial charge in [0, 0.05) is 6.08 Å². The Morgan fingerprint density at radius 3 is 2.00 bits per heavy atom. The van der Waals surface area contributed by atoms with Gasteiger partial charge < -0.3 is 14.2 Å². The summed E-state index contributed by atoms with van der Waals surface area (Å²) in [5.41, 5.74) is 3.96. The third-order valence-electron chi connectivity index (χ3n) is 4.03. The van der Waals surface area contributed by atoms with Gasteiger partial charge in [-0.25, -0.2) is 24.8 Å². The van der Waals surface area contributed by atoms with Gasteiger partial charge in [0.1, 0.15) is 13.2 Å². The van der Waals surface area contributed by atoms with Crippen molar-refractivity contribution in [2.45, 2.75) is 33.1 Å². The van der Waals surface area contributed by atoms with E-state index < -0.39 is 24.2 Å². The van der Waals surface area contributed by atoms with Gasteiger partial charge in [-0.15, -0.1) is 0 Å². The maximum Gasteiger partial charge on any atom is 0.429 e. The molecular weight excluding hydrogens is 400 g/mol. The molecule has 0 aliphatic carbocycles. The molecule has 0 spiro atoms. The summed E-state index contributed by atoms with van der Waals surface area (Å²) in [4.78, 5) is 36.5. The molecule has 0 radical (unpaired) electrons. The number of rotatable bonds is 8. The molecule has 0 saturated heterocycles. The number of hydrogen-bond donors (Lipinski definition) is 1. The van der Waals surface area contributed by atoms with Crippen LogP contribution in [0.5, 0.6) is 0 Å². The molecule has 0 fully saturated rings. The molecule has 0 aromatic heterocycles. The summed E-state index contributed by atoms with van der Waals surface area (Å²) in [6, 6.07) is 17.5. The number of ether oxygens (including phenoxy) is 3. The van der Waals surface area contributed by atoms with E-state index in [-0.39, 0.29) is 19.8 Å². The molecule has 0 heterocycles. The first-order valence-electron chi connectivity index (χ1n) is 9.81. The number of benzene rings is 2. The zero-order valence-electron chi connectivity index (χ0n) is 17.5. The zero-order valence-corrected chi connectivity index (χ0v) is 17.5. The summed E-state index contributed by atoms with van der Waals surface area (Å²) >= 11 is 0.